The summed E-state index contributed by atoms with van der Waals surface area (Å²) in [5.74, 6) is -1.80. The molecule has 0 fully saturated rings. The molecule has 1 aromatic carbocycles. The molecule has 0 unspecified atom stereocenters. The molecule has 0 aliphatic carbocycles. The van der Waals surface area contributed by atoms with E-state index in [1.165, 1.54) is 11.8 Å². The molecule has 9 heteroatoms. The first-order valence-electron chi connectivity index (χ1n) is 5.53. The number of carboxylic acid groups (broad SMARTS) is 1. The topological polar surface area (TPSA) is 96.6 Å². The maximum Gasteiger partial charge on any atom is 0.371 e. The Labute approximate surface area is 133 Å². The second kappa shape index (κ2) is 6.12. The number of furan rings is 1. The molecule has 0 bridgehead atoms. The fourth-order valence-corrected chi connectivity index (χ4v) is 4.21. The minimum absolute atomic E-state index is 0.158. The Hall–Kier alpha value is -1.45. The number of carboxylic acids is 1. The van der Waals surface area contributed by atoms with Gasteiger partial charge in [-0.15, -0.1) is 11.8 Å². The van der Waals surface area contributed by atoms with Crippen LogP contribution < -0.4 is 4.72 Å². The van der Waals surface area contributed by atoms with Crippen LogP contribution in [0.5, 0.6) is 0 Å². The van der Waals surface area contributed by atoms with Crippen molar-refractivity contribution in [2.75, 3.05) is 11.0 Å². The lowest BCUT2D eigenvalue weighted by Gasteiger charge is -2.10. The highest BCUT2D eigenvalue weighted by molar-refractivity contribution is 9.10. The van der Waals surface area contributed by atoms with E-state index in [4.69, 9.17) is 9.52 Å². The average Bonchev–Trinajstić information content (AvgIpc) is 2.82. The third-order valence-corrected chi connectivity index (χ3v) is 5.53. The molecule has 0 saturated heterocycles. The number of sulfonamides is 1. The summed E-state index contributed by atoms with van der Waals surface area (Å²) in [4.78, 5) is 11.3. The molecule has 2 rings (SSSR count). The lowest BCUT2D eigenvalue weighted by atomic mass is 10.3. The number of carbonyl (C=O) groups is 1. The molecule has 0 aliphatic heterocycles. The molecule has 0 aliphatic rings. The van der Waals surface area contributed by atoms with Gasteiger partial charge in [-0.05, 0) is 34.3 Å². The van der Waals surface area contributed by atoms with Gasteiger partial charge in [-0.2, -0.15) is 0 Å². The summed E-state index contributed by atoms with van der Waals surface area (Å²) in [7, 11) is -3.96. The highest BCUT2D eigenvalue weighted by Gasteiger charge is 2.25. The number of nitrogens with one attached hydrogen (secondary N) is 1. The molecule has 0 radical (unpaired) electrons. The van der Waals surface area contributed by atoms with Crippen LogP contribution >= 0.6 is 27.7 Å². The van der Waals surface area contributed by atoms with Gasteiger partial charge in [0.05, 0.1) is 5.69 Å². The first-order chi connectivity index (χ1) is 9.85. The summed E-state index contributed by atoms with van der Waals surface area (Å²) >= 11 is 4.31. The molecular formula is C12H10BrNO5S2. The van der Waals surface area contributed by atoms with Crippen LogP contribution in [-0.4, -0.2) is 25.7 Å². The Bertz CT molecular complexity index is 785. The van der Waals surface area contributed by atoms with Crippen LogP contribution in [0.4, 0.5) is 5.69 Å². The lowest BCUT2D eigenvalue weighted by molar-refractivity contribution is 0.0661. The Balaban J connectivity index is 2.41. The number of rotatable bonds is 5. The fourth-order valence-electron chi connectivity index (χ4n) is 1.57. The van der Waals surface area contributed by atoms with Crippen molar-refractivity contribution in [2.45, 2.75) is 9.79 Å². The van der Waals surface area contributed by atoms with Crippen LogP contribution in [0.1, 0.15) is 10.6 Å². The van der Waals surface area contributed by atoms with Crippen molar-refractivity contribution in [3.8, 4) is 0 Å². The lowest BCUT2D eigenvalue weighted by Crippen LogP contribution is -2.13. The molecule has 6 nitrogen and oxygen atoms in total. The quantitative estimate of drug-likeness (QED) is 0.759. The number of thioether (sulfide) groups is 1. The second-order valence-corrected chi connectivity index (χ2v) is 7.08. The average molecular weight is 392 g/mol. The van der Waals surface area contributed by atoms with E-state index in [-0.39, 0.29) is 9.56 Å². The predicted molar refractivity (Wildman–Crippen MR) is 82.4 cm³/mol. The molecular weight excluding hydrogens is 382 g/mol. The largest absolute Gasteiger partial charge is 0.475 e. The third-order valence-electron chi connectivity index (χ3n) is 2.51. The molecule has 21 heavy (non-hydrogen) atoms. The van der Waals surface area contributed by atoms with Gasteiger partial charge in [0.15, 0.2) is 4.67 Å². The molecule has 2 N–H and O–H groups in total. The van der Waals surface area contributed by atoms with E-state index in [0.717, 1.165) is 11.0 Å². The molecule has 0 amide bonds. The summed E-state index contributed by atoms with van der Waals surface area (Å²) in [5, 5.41) is 8.83. The van der Waals surface area contributed by atoms with Crippen molar-refractivity contribution in [1.29, 1.82) is 0 Å². The van der Waals surface area contributed by atoms with Crippen molar-refractivity contribution in [1.82, 2.24) is 0 Å². The first kappa shape index (κ1) is 15.9. The molecule has 2 aromatic rings. The molecule has 112 valence electrons. The van der Waals surface area contributed by atoms with Gasteiger partial charge < -0.3 is 9.52 Å². The molecule has 0 spiro atoms. The highest BCUT2D eigenvalue weighted by atomic mass is 79.9. The van der Waals surface area contributed by atoms with Crippen LogP contribution in [-0.2, 0) is 10.0 Å². The van der Waals surface area contributed by atoms with E-state index < -0.39 is 21.8 Å². The maximum atomic E-state index is 12.3. The number of para-hydroxylation sites is 1. The highest BCUT2D eigenvalue weighted by Crippen LogP contribution is 2.31. The van der Waals surface area contributed by atoms with Gasteiger partial charge >= 0.3 is 5.97 Å². The molecule has 1 aromatic heterocycles. The summed E-state index contributed by atoms with van der Waals surface area (Å²) in [6.45, 7) is 0. The standard InChI is InChI=1S/C12H10BrNO5S2/c1-20-9-5-3-2-4-7(9)14-21(17,18)10-6-8(12(15)16)19-11(10)13/h2-6,14H,1H3,(H,15,16). The SMILES string of the molecule is CSc1ccccc1NS(=O)(=O)c1cc(C(=O)O)oc1Br. The Morgan fingerprint density at radius 1 is 1.38 bits per heavy atom. The number of benzene rings is 1. The summed E-state index contributed by atoms with van der Waals surface area (Å²) < 4.78 is 31.8. The van der Waals surface area contributed by atoms with Gasteiger partial charge in [0, 0.05) is 11.0 Å². The van der Waals surface area contributed by atoms with Crippen molar-refractivity contribution < 1.29 is 22.7 Å². The van der Waals surface area contributed by atoms with Crippen LogP contribution in [0.25, 0.3) is 0 Å². The van der Waals surface area contributed by atoms with Gasteiger partial charge in [0.25, 0.3) is 10.0 Å². The normalized spacial score (nSPS) is 11.3. The summed E-state index contributed by atoms with van der Waals surface area (Å²) in [5.41, 5.74) is 0.412. The Morgan fingerprint density at radius 3 is 2.62 bits per heavy atom. The third kappa shape index (κ3) is 3.42. The van der Waals surface area contributed by atoms with Crippen LogP contribution in [0.15, 0.2) is 49.2 Å². The van der Waals surface area contributed by atoms with Gasteiger partial charge in [0.2, 0.25) is 5.76 Å². The molecule has 1 heterocycles. The smallest absolute Gasteiger partial charge is 0.371 e. The Morgan fingerprint density at radius 2 is 2.05 bits per heavy atom. The van der Waals surface area contributed by atoms with Crippen molar-refractivity contribution in [3.63, 3.8) is 0 Å². The van der Waals surface area contributed by atoms with Gasteiger partial charge in [0.1, 0.15) is 4.90 Å². The minimum atomic E-state index is -3.96. The van der Waals surface area contributed by atoms with E-state index in [1.807, 2.05) is 6.26 Å². The van der Waals surface area contributed by atoms with Crippen LogP contribution in [0, 0.1) is 0 Å². The summed E-state index contributed by atoms with van der Waals surface area (Å²) in [6, 6.07) is 7.84. The van der Waals surface area contributed by atoms with Crippen LogP contribution in [0.2, 0.25) is 0 Å². The van der Waals surface area contributed by atoms with E-state index in [9.17, 15) is 13.2 Å². The molecule has 0 saturated carbocycles. The predicted octanol–water partition coefficient (Wildman–Crippen LogP) is 3.26. The number of anilines is 1. The van der Waals surface area contributed by atoms with Crippen molar-refractivity contribution >= 4 is 49.4 Å². The number of halogens is 1. The van der Waals surface area contributed by atoms with Gasteiger partial charge in [-0.1, -0.05) is 12.1 Å². The summed E-state index contributed by atoms with van der Waals surface area (Å²) in [6.07, 6.45) is 1.82. The van der Waals surface area contributed by atoms with Crippen molar-refractivity contribution in [2.24, 2.45) is 0 Å². The monoisotopic (exact) mass is 391 g/mol. The van der Waals surface area contributed by atoms with Crippen LogP contribution in [0.3, 0.4) is 0 Å². The number of hydrogen-bond acceptors (Lipinski definition) is 5. The number of aromatic carboxylic acids is 1. The number of hydrogen-bond donors (Lipinski definition) is 2. The van der Waals surface area contributed by atoms with Crippen molar-refractivity contribution in [3.05, 3.63) is 40.8 Å². The maximum absolute atomic E-state index is 12.3. The van der Waals surface area contributed by atoms with E-state index in [1.54, 1.807) is 24.3 Å². The first-order valence-corrected chi connectivity index (χ1v) is 9.03. The van der Waals surface area contributed by atoms with E-state index in [2.05, 4.69) is 20.7 Å². The van der Waals surface area contributed by atoms with E-state index >= 15 is 0 Å². The second-order valence-electron chi connectivity index (χ2n) is 3.86. The van der Waals surface area contributed by atoms with E-state index in [0.29, 0.717) is 5.69 Å². The zero-order chi connectivity index (χ0) is 15.6. The zero-order valence-electron chi connectivity index (χ0n) is 10.7. The fraction of sp³-hybridized carbons (Fsp3) is 0.0833. The minimum Gasteiger partial charge on any atom is -0.475 e. The molecule has 0 atom stereocenters. The van der Waals surface area contributed by atoms with Gasteiger partial charge in [-0.25, -0.2) is 13.2 Å². The zero-order valence-corrected chi connectivity index (χ0v) is 13.9. The Kier molecular flexibility index (Phi) is 4.64. The van der Waals surface area contributed by atoms with Gasteiger partial charge in [-0.3, -0.25) is 4.72 Å².